The summed E-state index contributed by atoms with van der Waals surface area (Å²) in [6, 6.07) is 8.30. The first-order valence-electron chi connectivity index (χ1n) is 10.6. The summed E-state index contributed by atoms with van der Waals surface area (Å²) in [6.45, 7) is 5.28. The first-order valence-corrected chi connectivity index (χ1v) is 10.6. The lowest BCUT2D eigenvalue weighted by atomic mass is 9.87. The second kappa shape index (κ2) is 10.2. The SMILES string of the molecule is C=CCNC(=O)C(NC(=O)c1ccccc1)C1CCN(C(=O)C2CCCC2)CC1. The number of benzene rings is 1. The molecule has 6 heteroatoms. The van der Waals surface area contributed by atoms with E-state index in [1.807, 2.05) is 11.0 Å². The summed E-state index contributed by atoms with van der Waals surface area (Å²) >= 11 is 0. The highest BCUT2D eigenvalue weighted by Crippen LogP contribution is 2.29. The van der Waals surface area contributed by atoms with E-state index in [0.29, 0.717) is 38.0 Å². The molecule has 0 aromatic heterocycles. The largest absolute Gasteiger partial charge is 0.351 e. The van der Waals surface area contributed by atoms with Gasteiger partial charge in [-0.2, -0.15) is 0 Å². The minimum atomic E-state index is -0.619. The molecule has 1 atom stereocenters. The Morgan fingerprint density at radius 1 is 1.07 bits per heavy atom. The molecule has 3 rings (SSSR count). The third kappa shape index (κ3) is 5.46. The molecule has 1 aromatic carbocycles. The van der Waals surface area contributed by atoms with E-state index in [4.69, 9.17) is 0 Å². The molecule has 1 saturated heterocycles. The van der Waals surface area contributed by atoms with E-state index < -0.39 is 6.04 Å². The second-order valence-corrected chi connectivity index (χ2v) is 8.00. The first kappa shape index (κ1) is 21.1. The molecule has 1 aliphatic heterocycles. The number of piperidine rings is 1. The van der Waals surface area contributed by atoms with E-state index in [1.54, 1.807) is 30.3 Å². The zero-order valence-electron chi connectivity index (χ0n) is 16.9. The van der Waals surface area contributed by atoms with Gasteiger partial charge in [-0.25, -0.2) is 0 Å². The van der Waals surface area contributed by atoms with Crippen LogP contribution in [0.15, 0.2) is 43.0 Å². The molecule has 0 bridgehead atoms. The van der Waals surface area contributed by atoms with Gasteiger partial charge in [0.25, 0.3) is 5.91 Å². The van der Waals surface area contributed by atoms with Crippen molar-refractivity contribution in [1.29, 1.82) is 0 Å². The van der Waals surface area contributed by atoms with Crippen LogP contribution < -0.4 is 10.6 Å². The molecule has 0 radical (unpaired) electrons. The van der Waals surface area contributed by atoms with E-state index >= 15 is 0 Å². The Kier molecular flexibility index (Phi) is 7.44. The van der Waals surface area contributed by atoms with Gasteiger partial charge in [-0.1, -0.05) is 37.1 Å². The Labute approximate surface area is 172 Å². The lowest BCUT2D eigenvalue weighted by Crippen LogP contribution is -2.54. The van der Waals surface area contributed by atoms with Gasteiger partial charge in [0.1, 0.15) is 6.04 Å². The summed E-state index contributed by atoms with van der Waals surface area (Å²) in [6.07, 6.45) is 7.32. The van der Waals surface area contributed by atoms with E-state index in [0.717, 1.165) is 25.7 Å². The number of nitrogens with zero attached hydrogens (tertiary/aromatic N) is 1. The average Bonchev–Trinajstić information content (AvgIpc) is 3.31. The molecule has 1 heterocycles. The number of likely N-dealkylation sites (tertiary alicyclic amines) is 1. The minimum absolute atomic E-state index is 0.0000978. The molecular formula is C23H31N3O3. The number of carbonyl (C=O) groups is 3. The molecule has 156 valence electrons. The molecule has 6 nitrogen and oxygen atoms in total. The Morgan fingerprint density at radius 3 is 2.34 bits per heavy atom. The van der Waals surface area contributed by atoms with Crippen LogP contribution in [-0.2, 0) is 9.59 Å². The Balaban J connectivity index is 1.63. The van der Waals surface area contributed by atoms with Gasteiger partial charge < -0.3 is 15.5 Å². The van der Waals surface area contributed by atoms with Crippen LogP contribution in [0.2, 0.25) is 0 Å². The molecule has 1 aliphatic carbocycles. The molecule has 0 spiro atoms. The quantitative estimate of drug-likeness (QED) is 0.694. The highest BCUT2D eigenvalue weighted by atomic mass is 16.2. The van der Waals surface area contributed by atoms with Crippen molar-refractivity contribution >= 4 is 17.7 Å². The van der Waals surface area contributed by atoms with Crippen molar-refractivity contribution in [2.45, 2.75) is 44.6 Å². The summed E-state index contributed by atoms with van der Waals surface area (Å²) in [4.78, 5) is 40.0. The fourth-order valence-electron chi connectivity index (χ4n) is 4.38. The van der Waals surface area contributed by atoms with Gasteiger partial charge >= 0.3 is 0 Å². The zero-order valence-corrected chi connectivity index (χ0v) is 16.9. The third-order valence-corrected chi connectivity index (χ3v) is 6.05. The lowest BCUT2D eigenvalue weighted by Gasteiger charge is -2.36. The van der Waals surface area contributed by atoms with Crippen LogP contribution in [0.25, 0.3) is 0 Å². The summed E-state index contributed by atoms with van der Waals surface area (Å²) in [7, 11) is 0. The molecular weight excluding hydrogens is 366 g/mol. The number of amides is 3. The Bertz CT molecular complexity index is 720. The fraction of sp³-hybridized carbons (Fsp3) is 0.522. The van der Waals surface area contributed by atoms with Crippen LogP contribution >= 0.6 is 0 Å². The number of hydrogen-bond donors (Lipinski definition) is 2. The number of nitrogens with one attached hydrogen (secondary N) is 2. The molecule has 2 N–H and O–H groups in total. The third-order valence-electron chi connectivity index (χ3n) is 6.05. The summed E-state index contributed by atoms with van der Waals surface area (Å²) in [5, 5.41) is 5.74. The van der Waals surface area contributed by atoms with Gasteiger partial charge in [0, 0.05) is 31.1 Å². The monoisotopic (exact) mass is 397 g/mol. The van der Waals surface area contributed by atoms with Crippen molar-refractivity contribution in [3.63, 3.8) is 0 Å². The summed E-state index contributed by atoms with van der Waals surface area (Å²) < 4.78 is 0. The maximum atomic E-state index is 12.7. The topological polar surface area (TPSA) is 78.5 Å². The van der Waals surface area contributed by atoms with Crippen LogP contribution in [-0.4, -0.2) is 48.3 Å². The van der Waals surface area contributed by atoms with Gasteiger partial charge in [0.05, 0.1) is 0 Å². The predicted octanol–water partition coefficient (Wildman–Crippen LogP) is 2.52. The van der Waals surface area contributed by atoms with Crippen molar-refractivity contribution in [3.05, 3.63) is 48.6 Å². The van der Waals surface area contributed by atoms with Gasteiger partial charge in [-0.15, -0.1) is 6.58 Å². The fourth-order valence-corrected chi connectivity index (χ4v) is 4.38. The average molecular weight is 398 g/mol. The standard InChI is InChI=1S/C23H31N3O3/c1-2-14-24-22(28)20(25-21(27)18-8-4-3-5-9-18)17-12-15-26(16-13-17)23(29)19-10-6-7-11-19/h2-5,8-9,17,19-20H,1,6-7,10-16H2,(H,24,28)(H,25,27). The number of carbonyl (C=O) groups excluding carboxylic acids is 3. The zero-order chi connectivity index (χ0) is 20.6. The van der Waals surface area contributed by atoms with Crippen LogP contribution in [0.3, 0.4) is 0 Å². The maximum Gasteiger partial charge on any atom is 0.251 e. The van der Waals surface area contributed by atoms with Crippen molar-refractivity contribution in [3.8, 4) is 0 Å². The highest BCUT2D eigenvalue weighted by molar-refractivity contribution is 5.97. The summed E-state index contributed by atoms with van der Waals surface area (Å²) in [5.74, 6) is -0.0124. The maximum absolute atomic E-state index is 12.7. The minimum Gasteiger partial charge on any atom is -0.351 e. The smallest absolute Gasteiger partial charge is 0.251 e. The van der Waals surface area contributed by atoms with Crippen LogP contribution in [0.4, 0.5) is 0 Å². The summed E-state index contributed by atoms with van der Waals surface area (Å²) in [5.41, 5.74) is 0.530. The van der Waals surface area contributed by atoms with Gasteiger partial charge in [0.15, 0.2) is 0 Å². The van der Waals surface area contributed by atoms with Gasteiger partial charge in [-0.05, 0) is 43.7 Å². The Hall–Kier alpha value is -2.63. The van der Waals surface area contributed by atoms with Crippen molar-refractivity contribution < 1.29 is 14.4 Å². The van der Waals surface area contributed by atoms with E-state index in [2.05, 4.69) is 17.2 Å². The molecule has 1 saturated carbocycles. The molecule has 29 heavy (non-hydrogen) atoms. The second-order valence-electron chi connectivity index (χ2n) is 8.00. The van der Waals surface area contributed by atoms with Crippen molar-refractivity contribution in [1.82, 2.24) is 15.5 Å². The van der Waals surface area contributed by atoms with Crippen molar-refractivity contribution in [2.24, 2.45) is 11.8 Å². The highest BCUT2D eigenvalue weighted by Gasteiger charge is 2.35. The number of hydrogen-bond acceptors (Lipinski definition) is 3. The van der Waals surface area contributed by atoms with E-state index in [1.165, 1.54) is 0 Å². The van der Waals surface area contributed by atoms with Crippen LogP contribution in [0.1, 0.15) is 48.9 Å². The lowest BCUT2D eigenvalue weighted by molar-refractivity contribution is -0.137. The molecule has 2 aliphatic rings. The Morgan fingerprint density at radius 2 is 1.72 bits per heavy atom. The first-order chi connectivity index (χ1) is 14.1. The number of rotatable bonds is 7. The van der Waals surface area contributed by atoms with E-state index in [9.17, 15) is 14.4 Å². The van der Waals surface area contributed by atoms with E-state index in [-0.39, 0.29) is 29.6 Å². The molecule has 1 aromatic rings. The molecule has 3 amide bonds. The van der Waals surface area contributed by atoms with Gasteiger partial charge in [-0.3, -0.25) is 14.4 Å². The normalized spacial score (nSPS) is 18.8. The van der Waals surface area contributed by atoms with Gasteiger partial charge in [0.2, 0.25) is 11.8 Å². The molecule has 2 fully saturated rings. The predicted molar refractivity (Wildman–Crippen MR) is 112 cm³/mol. The van der Waals surface area contributed by atoms with Crippen molar-refractivity contribution in [2.75, 3.05) is 19.6 Å². The van der Waals surface area contributed by atoms with Crippen LogP contribution in [0.5, 0.6) is 0 Å². The molecule has 1 unspecified atom stereocenters. The van der Waals surface area contributed by atoms with Crippen LogP contribution in [0, 0.1) is 11.8 Å².